The van der Waals surface area contributed by atoms with Crippen molar-refractivity contribution in [3.63, 3.8) is 0 Å². The quantitative estimate of drug-likeness (QED) is 0.480. The van der Waals surface area contributed by atoms with Gasteiger partial charge in [-0.05, 0) is 33.6 Å². The Bertz CT molecular complexity index is 439. The van der Waals surface area contributed by atoms with Gasteiger partial charge in [-0.25, -0.2) is 4.79 Å². The Hall–Kier alpha value is -1.67. The zero-order chi connectivity index (χ0) is 18.4. The number of aliphatic imine (C=N–C) groups is 1. The second-order valence-electron chi connectivity index (χ2n) is 6.77. The van der Waals surface area contributed by atoms with Crippen molar-refractivity contribution in [2.75, 3.05) is 32.7 Å². The van der Waals surface area contributed by atoms with Crippen LogP contribution in [0, 0.1) is 0 Å². The van der Waals surface area contributed by atoms with Crippen molar-refractivity contribution in [3.05, 3.63) is 0 Å². The zero-order valence-corrected chi connectivity index (χ0v) is 14.5. The molecule has 9 heteroatoms. The van der Waals surface area contributed by atoms with Crippen molar-refractivity contribution < 1.29 is 22.7 Å². The molecule has 2 N–H and O–H groups in total. The first-order valence-electron chi connectivity index (χ1n) is 8.07. The fourth-order valence-corrected chi connectivity index (χ4v) is 2.18. The van der Waals surface area contributed by atoms with E-state index in [0.29, 0.717) is 38.6 Å². The van der Waals surface area contributed by atoms with E-state index < -0.39 is 18.2 Å². The Balaban J connectivity index is 2.31. The van der Waals surface area contributed by atoms with Gasteiger partial charge in [0.15, 0.2) is 5.96 Å². The minimum Gasteiger partial charge on any atom is -0.444 e. The van der Waals surface area contributed by atoms with E-state index in [-0.39, 0.29) is 19.1 Å². The van der Waals surface area contributed by atoms with Crippen LogP contribution in [0.15, 0.2) is 4.99 Å². The molecule has 0 aromatic rings. The molecule has 1 amide bonds. The predicted octanol–water partition coefficient (Wildman–Crippen LogP) is 2.59. The van der Waals surface area contributed by atoms with Gasteiger partial charge in [0.05, 0.1) is 0 Å². The van der Waals surface area contributed by atoms with Crippen molar-refractivity contribution in [1.29, 1.82) is 0 Å². The number of halogens is 3. The van der Waals surface area contributed by atoms with Gasteiger partial charge in [0.25, 0.3) is 0 Å². The summed E-state index contributed by atoms with van der Waals surface area (Å²) in [7, 11) is 0. The van der Waals surface area contributed by atoms with Crippen molar-refractivity contribution in [1.82, 2.24) is 9.80 Å². The second-order valence-corrected chi connectivity index (χ2v) is 6.77. The fourth-order valence-electron chi connectivity index (χ4n) is 2.18. The molecule has 0 unspecified atom stereocenters. The lowest BCUT2D eigenvalue weighted by Gasteiger charge is -2.36. The number of carbonyl (C=O) groups excluding carboxylic acids is 1. The molecule has 1 aliphatic rings. The van der Waals surface area contributed by atoms with Crippen LogP contribution >= 0.6 is 0 Å². The summed E-state index contributed by atoms with van der Waals surface area (Å²) in [5, 5.41) is 0. The molecule has 0 aromatic heterocycles. The lowest BCUT2D eigenvalue weighted by atomic mass is 10.2. The van der Waals surface area contributed by atoms with Crippen LogP contribution in [0.2, 0.25) is 0 Å². The second kappa shape index (κ2) is 8.43. The first-order valence-corrected chi connectivity index (χ1v) is 8.07. The van der Waals surface area contributed by atoms with Gasteiger partial charge in [-0.2, -0.15) is 13.2 Å². The predicted molar refractivity (Wildman–Crippen MR) is 85.8 cm³/mol. The normalized spacial score (nSPS) is 17.2. The Kier molecular flexibility index (Phi) is 7.16. The van der Waals surface area contributed by atoms with Gasteiger partial charge < -0.3 is 20.3 Å². The number of nitrogens with two attached hydrogens (primary N) is 1. The summed E-state index contributed by atoms with van der Waals surface area (Å²) >= 11 is 0. The number of amides is 1. The number of unbranched alkanes of at least 4 members (excludes halogenated alkanes) is 1. The number of hydrogen-bond donors (Lipinski definition) is 1. The van der Waals surface area contributed by atoms with Gasteiger partial charge in [-0.1, -0.05) is 0 Å². The lowest BCUT2D eigenvalue weighted by Crippen LogP contribution is -2.53. The van der Waals surface area contributed by atoms with Crippen LogP contribution in [0.5, 0.6) is 0 Å². The largest absolute Gasteiger partial charge is 0.444 e. The maximum absolute atomic E-state index is 12.0. The summed E-state index contributed by atoms with van der Waals surface area (Å²) < 4.78 is 41.4. The van der Waals surface area contributed by atoms with Gasteiger partial charge in [0.2, 0.25) is 0 Å². The van der Waals surface area contributed by atoms with Crippen LogP contribution < -0.4 is 5.73 Å². The molecule has 24 heavy (non-hydrogen) atoms. The summed E-state index contributed by atoms with van der Waals surface area (Å²) in [5.74, 6) is 0.311. The number of nitrogens with zero attached hydrogens (tertiary/aromatic N) is 3. The fraction of sp³-hybridized carbons (Fsp3) is 0.867. The Morgan fingerprint density at radius 3 is 2.12 bits per heavy atom. The highest BCUT2D eigenvalue weighted by Gasteiger charge is 2.27. The van der Waals surface area contributed by atoms with Crippen LogP contribution in [0.4, 0.5) is 18.0 Å². The standard InChI is InChI=1S/C15H27F3N4O2/c1-14(2,3)24-13(23)22-10-8-21(9-11-22)12(19)20-7-5-4-6-15(16,17)18/h4-11H2,1-3H3,(H2,19,20). The molecular weight excluding hydrogens is 325 g/mol. The third kappa shape index (κ3) is 8.26. The zero-order valence-electron chi connectivity index (χ0n) is 14.5. The van der Waals surface area contributed by atoms with E-state index >= 15 is 0 Å². The number of rotatable bonds is 4. The highest BCUT2D eigenvalue weighted by atomic mass is 19.4. The Labute approximate surface area is 140 Å². The molecule has 0 radical (unpaired) electrons. The summed E-state index contributed by atoms with van der Waals surface area (Å²) in [5.41, 5.74) is 5.32. The average molecular weight is 352 g/mol. The average Bonchev–Trinajstić information content (AvgIpc) is 2.44. The molecule has 1 saturated heterocycles. The minimum absolute atomic E-state index is 0.0483. The monoisotopic (exact) mass is 352 g/mol. The maximum Gasteiger partial charge on any atom is 0.410 e. The third-order valence-electron chi connectivity index (χ3n) is 3.40. The molecule has 1 heterocycles. The summed E-state index contributed by atoms with van der Waals surface area (Å²) in [6.07, 6.45) is -4.88. The first kappa shape index (κ1) is 20.4. The molecule has 0 saturated carbocycles. The summed E-state index contributed by atoms with van der Waals surface area (Å²) in [4.78, 5) is 19.5. The van der Waals surface area contributed by atoms with Crippen molar-refractivity contribution in [3.8, 4) is 0 Å². The number of carbonyl (C=O) groups is 1. The van der Waals surface area contributed by atoms with Gasteiger partial charge >= 0.3 is 12.3 Å². The van der Waals surface area contributed by atoms with E-state index in [0.717, 1.165) is 0 Å². The number of guanidine groups is 1. The molecule has 1 fully saturated rings. The number of ether oxygens (including phenoxy) is 1. The van der Waals surface area contributed by atoms with Gasteiger partial charge in [-0.3, -0.25) is 4.99 Å². The molecule has 0 atom stereocenters. The van der Waals surface area contributed by atoms with Crippen molar-refractivity contribution in [2.45, 2.75) is 51.8 Å². The molecule has 0 bridgehead atoms. The van der Waals surface area contributed by atoms with Gasteiger partial charge in [0.1, 0.15) is 5.60 Å². The smallest absolute Gasteiger partial charge is 0.410 e. The lowest BCUT2D eigenvalue weighted by molar-refractivity contribution is -0.135. The number of piperazine rings is 1. The molecule has 6 nitrogen and oxygen atoms in total. The van der Waals surface area contributed by atoms with E-state index in [2.05, 4.69) is 4.99 Å². The van der Waals surface area contributed by atoms with Crippen molar-refractivity contribution >= 4 is 12.1 Å². The molecule has 0 aliphatic carbocycles. The van der Waals surface area contributed by atoms with Crippen LogP contribution in [0.25, 0.3) is 0 Å². The first-order chi connectivity index (χ1) is 11.0. The van der Waals surface area contributed by atoms with Crippen LogP contribution in [0.1, 0.15) is 40.0 Å². The molecule has 140 valence electrons. The number of alkyl halides is 3. The van der Waals surface area contributed by atoms with E-state index in [1.165, 1.54) is 0 Å². The Morgan fingerprint density at radius 1 is 1.08 bits per heavy atom. The summed E-state index contributed by atoms with van der Waals surface area (Å²) in [6.45, 7) is 7.70. The maximum atomic E-state index is 12.0. The molecule has 1 aliphatic heterocycles. The topological polar surface area (TPSA) is 71.2 Å². The van der Waals surface area contributed by atoms with Crippen LogP contribution in [-0.4, -0.2) is 66.4 Å². The van der Waals surface area contributed by atoms with Gasteiger partial charge in [0, 0.05) is 39.1 Å². The minimum atomic E-state index is -4.12. The van der Waals surface area contributed by atoms with E-state index in [9.17, 15) is 18.0 Å². The van der Waals surface area contributed by atoms with E-state index in [1.807, 2.05) is 25.7 Å². The van der Waals surface area contributed by atoms with Crippen LogP contribution in [0.3, 0.4) is 0 Å². The highest BCUT2D eigenvalue weighted by molar-refractivity contribution is 5.78. The molecular formula is C15H27F3N4O2. The Morgan fingerprint density at radius 2 is 1.62 bits per heavy atom. The molecule has 0 aromatic carbocycles. The van der Waals surface area contributed by atoms with E-state index in [1.54, 1.807) is 4.90 Å². The molecule has 0 spiro atoms. The van der Waals surface area contributed by atoms with Crippen LogP contribution in [-0.2, 0) is 4.74 Å². The SMILES string of the molecule is CC(C)(C)OC(=O)N1CCN(C(N)=NCCCCC(F)(F)F)CC1. The van der Waals surface area contributed by atoms with Gasteiger partial charge in [-0.15, -0.1) is 0 Å². The van der Waals surface area contributed by atoms with Crippen molar-refractivity contribution in [2.24, 2.45) is 10.7 Å². The highest BCUT2D eigenvalue weighted by Crippen LogP contribution is 2.22. The molecule has 1 rings (SSSR count). The van der Waals surface area contributed by atoms with E-state index in [4.69, 9.17) is 10.5 Å². The summed E-state index contributed by atoms with van der Waals surface area (Å²) in [6, 6.07) is 0. The third-order valence-corrected chi connectivity index (χ3v) is 3.40. The number of hydrogen-bond acceptors (Lipinski definition) is 3.